The van der Waals surface area contributed by atoms with Crippen molar-refractivity contribution >= 4 is 11.6 Å². The normalized spacial score (nSPS) is 23.6. The van der Waals surface area contributed by atoms with Crippen molar-refractivity contribution < 1.29 is 14.3 Å². The molecule has 21 heavy (non-hydrogen) atoms. The van der Waals surface area contributed by atoms with Crippen molar-refractivity contribution in [2.24, 2.45) is 5.92 Å². The van der Waals surface area contributed by atoms with Crippen LogP contribution in [0.4, 0.5) is 10.1 Å². The van der Waals surface area contributed by atoms with Gasteiger partial charge in [-0.3, -0.25) is 9.69 Å². The fourth-order valence-corrected chi connectivity index (χ4v) is 2.57. The lowest BCUT2D eigenvalue weighted by Crippen LogP contribution is -2.26. The number of nitrogens with zero attached hydrogens (tertiary/aromatic N) is 2. The van der Waals surface area contributed by atoms with E-state index in [0.717, 1.165) is 0 Å². The Kier molecular flexibility index (Phi) is 4.56. The molecule has 0 aromatic heterocycles. The number of likely N-dealkylation sites (tertiary alicyclic amines) is 1. The second kappa shape index (κ2) is 6.20. The van der Waals surface area contributed by atoms with Gasteiger partial charge in [-0.25, -0.2) is 4.39 Å². The maximum atomic E-state index is 13.2. The van der Waals surface area contributed by atoms with Gasteiger partial charge in [0.1, 0.15) is 5.82 Å². The van der Waals surface area contributed by atoms with Crippen molar-refractivity contribution in [1.82, 2.24) is 4.90 Å². The van der Waals surface area contributed by atoms with Gasteiger partial charge in [0.2, 0.25) is 5.91 Å². The Balaban J connectivity index is 2.12. The number of rotatable bonds is 3. The molecule has 1 aliphatic heterocycles. The maximum Gasteiger partial charge on any atom is 0.228 e. The lowest BCUT2D eigenvalue weighted by Gasteiger charge is -2.16. The molecule has 1 heterocycles. The van der Waals surface area contributed by atoms with E-state index in [9.17, 15) is 14.3 Å². The number of carbonyl (C=O) groups excluding carboxylic acids is 1. The summed E-state index contributed by atoms with van der Waals surface area (Å²) in [5.74, 6) is -0.964. The molecule has 1 aromatic rings. The predicted octanol–water partition coefficient (Wildman–Crippen LogP) is 1.66. The molecule has 1 fully saturated rings. The van der Waals surface area contributed by atoms with Crippen molar-refractivity contribution in [2.75, 3.05) is 18.9 Å². The molecule has 5 nitrogen and oxygen atoms in total. The smallest absolute Gasteiger partial charge is 0.228 e. The topological polar surface area (TPSA) is 76.4 Å². The number of anilines is 1. The summed E-state index contributed by atoms with van der Waals surface area (Å²) >= 11 is 0. The van der Waals surface area contributed by atoms with Crippen molar-refractivity contribution in [3.8, 4) is 6.07 Å². The van der Waals surface area contributed by atoms with Crippen LogP contribution >= 0.6 is 0 Å². The van der Waals surface area contributed by atoms with Crippen molar-refractivity contribution in [1.29, 1.82) is 5.26 Å². The summed E-state index contributed by atoms with van der Waals surface area (Å²) < 4.78 is 13.2. The summed E-state index contributed by atoms with van der Waals surface area (Å²) in [4.78, 5) is 14.1. The number of halogens is 1. The average molecular weight is 291 g/mol. The van der Waals surface area contributed by atoms with Crippen LogP contribution in [0.3, 0.4) is 0 Å². The zero-order valence-electron chi connectivity index (χ0n) is 12.0. The number of hydrogen-bond donors (Lipinski definition) is 2. The monoisotopic (exact) mass is 291 g/mol. The largest absolute Gasteiger partial charge is 0.389 e. The number of nitriles is 1. The van der Waals surface area contributed by atoms with E-state index in [1.165, 1.54) is 25.1 Å². The van der Waals surface area contributed by atoms with Gasteiger partial charge in [-0.15, -0.1) is 0 Å². The summed E-state index contributed by atoms with van der Waals surface area (Å²) in [6.07, 6.45) is -0.404. The minimum absolute atomic E-state index is 0.215. The summed E-state index contributed by atoms with van der Waals surface area (Å²) in [6, 6.07) is 5.78. The molecule has 6 heteroatoms. The number of amides is 1. The van der Waals surface area contributed by atoms with Crippen molar-refractivity contribution in [3.05, 3.63) is 29.6 Å². The van der Waals surface area contributed by atoms with E-state index < -0.39 is 11.9 Å². The highest BCUT2D eigenvalue weighted by Gasteiger charge is 2.34. The molecule has 1 aromatic carbocycles. The fraction of sp³-hybridized carbons (Fsp3) is 0.467. The molecule has 1 saturated heterocycles. The zero-order chi connectivity index (χ0) is 15.6. The first-order chi connectivity index (χ1) is 9.92. The summed E-state index contributed by atoms with van der Waals surface area (Å²) in [5.41, 5.74) is 0.742. The van der Waals surface area contributed by atoms with Crippen LogP contribution in [0.1, 0.15) is 25.0 Å². The predicted molar refractivity (Wildman–Crippen MR) is 75.8 cm³/mol. The molecule has 0 saturated carbocycles. The summed E-state index contributed by atoms with van der Waals surface area (Å²) in [7, 11) is 1.81. The number of nitrogens with one attached hydrogen (secondary N) is 1. The molecule has 112 valence electrons. The molecule has 2 rings (SSSR count). The number of aliphatic hydroxyl groups excluding tert-OH is 1. The van der Waals surface area contributed by atoms with Gasteiger partial charge < -0.3 is 10.4 Å². The Hall–Kier alpha value is -1.97. The second-order valence-corrected chi connectivity index (χ2v) is 5.41. The van der Waals surface area contributed by atoms with E-state index in [2.05, 4.69) is 11.4 Å². The quantitative estimate of drug-likeness (QED) is 0.888. The molecule has 0 bridgehead atoms. The van der Waals surface area contributed by atoms with Gasteiger partial charge in [0.25, 0.3) is 0 Å². The Labute approximate surface area is 123 Å². The third-order valence-electron chi connectivity index (χ3n) is 3.79. The summed E-state index contributed by atoms with van der Waals surface area (Å²) in [5, 5.41) is 21.4. The maximum absolute atomic E-state index is 13.2. The van der Waals surface area contributed by atoms with Crippen LogP contribution < -0.4 is 5.32 Å². The minimum Gasteiger partial charge on any atom is -0.389 e. The minimum atomic E-state index is -0.880. The molecule has 0 aliphatic carbocycles. The molecular formula is C15H18FN3O2. The molecule has 3 atom stereocenters. The lowest BCUT2D eigenvalue weighted by atomic mass is 10.0. The van der Waals surface area contributed by atoms with E-state index in [1.807, 2.05) is 4.90 Å². The zero-order valence-corrected chi connectivity index (χ0v) is 12.0. The number of benzene rings is 1. The van der Waals surface area contributed by atoms with Gasteiger partial charge in [-0.2, -0.15) is 5.26 Å². The third kappa shape index (κ3) is 3.38. The molecule has 2 N–H and O–H groups in total. The van der Waals surface area contributed by atoms with Crippen molar-refractivity contribution in [2.45, 2.75) is 25.5 Å². The Morgan fingerprint density at radius 2 is 2.33 bits per heavy atom. The lowest BCUT2D eigenvalue weighted by molar-refractivity contribution is -0.119. The summed E-state index contributed by atoms with van der Waals surface area (Å²) in [6.45, 7) is 2.02. The molecule has 1 aliphatic rings. The Morgan fingerprint density at radius 1 is 1.62 bits per heavy atom. The third-order valence-corrected chi connectivity index (χ3v) is 3.79. The van der Waals surface area contributed by atoms with E-state index in [0.29, 0.717) is 24.2 Å². The highest BCUT2D eigenvalue weighted by Crippen LogP contribution is 2.27. The van der Waals surface area contributed by atoms with Crippen LogP contribution in [0.2, 0.25) is 0 Å². The van der Waals surface area contributed by atoms with Gasteiger partial charge in [0.05, 0.1) is 24.1 Å². The second-order valence-electron chi connectivity index (χ2n) is 5.41. The molecular weight excluding hydrogens is 273 g/mol. The fourth-order valence-electron chi connectivity index (χ4n) is 2.57. The van der Waals surface area contributed by atoms with Crippen LogP contribution in [0.5, 0.6) is 0 Å². The average Bonchev–Trinajstić information content (AvgIpc) is 2.81. The van der Waals surface area contributed by atoms with Crippen LogP contribution in [-0.4, -0.2) is 35.5 Å². The van der Waals surface area contributed by atoms with Gasteiger partial charge in [-0.05, 0) is 38.6 Å². The van der Waals surface area contributed by atoms with Crippen LogP contribution in [0, 0.1) is 23.1 Å². The van der Waals surface area contributed by atoms with Crippen LogP contribution in [-0.2, 0) is 4.79 Å². The molecule has 3 unspecified atom stereocenters. The van der Waals surface area contributed by atoms with E-state index in [4.69, 9.17) is 5.26 Å². The van der Waals surface area contributed by atoms with Gasteiger partial charge in [-0.1, -0.05) is 0 Å². The molecule has 0 radical (unpaired) electrons. The van der Waals surface area contributed by atoms with Crippen molar-refractivity contribution in [3.63, 3.8) is 0 Å². The first kappa shape index (κ1) is 15.4. The van der Waals surface area contributed by atoms with E-state index in [1.54, 1.807) is 7.05 Å². The number of carbonyl (C=O) groups is 1. The number of aliphatic hydroxyl groups is 1. The number of hydrogen-bond acceptors (Lipinski definition) is 4. The standard InChI is InChI=1S/C15H18FN3O2/c1-9(20)13-6-11(16)3-4-14(13)18-15(21)10-5-12(7-17)19(2)8-10/h3-4,6,9-10,12,20H,5,8H2,1-2H3,(H,18,21). The first-order valence-corrected chi connectivity index (χ1v) is 6.80. The van der Waals surface area contributed by atoms with Crippen LogP contribution in [0.25, 0.3) is 0 Å². The van der Waals surface area contributed by atoms with E-state index >= 15 is 0 Å². The highest BCUT2D eigenvalue weighted by atomic mass is 19.1. The van der Waals surface area contributed by atoms with Gasteiger partial charge in [0.15, 0.2) is 0 Å². The Morgan fingerprint density at radius 3 is 2.90 bits per heavy atom. The van der Waals surface area contributed by atoms with Gasteiger partial charge >= 0.3 is 0 Å². The Bertz CT molecular complexity index is 583. The molecule has 0 spiro atoms. The van der Waals surface area contributed by atoms with Gasteiger partial charge in [0, 0.05) is 17.8 Å². The highest BCUT2D eigenvalue weighted by molar-refractivity contribution is 5.93. The first-order valence-electron chi connectivity index (χ1n) is 6.80. The van der Waals surface area contributed by atoms with Crippen LogP contribution in [0.15, 0.2) is 18.2 Å². The SMILES string of the molecule is CC(O)c1cc(F)ccc1NC(=O)C1CC(C#N)N(C)C1. The molecule has 1 amide bonds. The van der Waals surface area contributed by atoms with E-state index in [-0.39, 0.29) is 17.9 Å².